The Morgan fingerprint density at radius 1 is 0.968 bits per heavy atom. The zero-order valence-electron chi connectivity index (χ0n) is 16.8. The quantitative estimate of drug-likeness (QED) is 0.338. The first-order valence-electron chi connectivity index (χ1n) is 9.49. The number of fused-ring (bicyclic) bond motifs is 1. The molecule has 8 nitrogen and oxygen atoms in total. The molecule has 0 aliphatic heterocycles. The first kappa shape index (κ1) is 24.3. The van der Waals surface area contributed by atoms with E-state index >= 15 is 0 Å². The number of thiophene rings is 1. The molecule has 1 aromatic heterocycles. The molecule has 31 heavy (non-hydrogen) atoms. The Labute approximate surface area is 183 Å². The van der Waals surface area contributed by atoms with E-state index in [0.29, 0.717) is 0 Å². The van der Waals surface area contributed by atoms with E-state index in [1.54, 1.807) is 11.3 Å². The minimum Gasteiger partial charge on any atom is -0.484 e. The second-order valence-electron chi connectivity index (χ2n) is 6.56. The number of aliphatic hydroxyl groups is 2. The van der Waals surface area contributed by atoms with Gasteiger partial charge in [-0.15, -0.1) is 11.3 Å². The van der Waals surface area contributed by atoms with Crippen LogP contribution in [0.2, 0.25) is 0 Å². The van der Waals surface area contributed by atoms with E-state index < -0.39 is 24.1 Å². The fraction of sp³-hybridized carbons (Fsp3) is 0.273. The minimum absolute atomic E-state index is 0.100. The van der Waals surface area contributed by atoms with Crippen LogP contribution in [0.3, 0.4) is 0 Å². The van der Waals surface area contributed by atoms with Crippen molar-refractivity contribution in [3.8, 4) is 5.75 Å². The Kier molecular flexibility index (Phi) is 9.41. The van der Waals surface area contributed by atoms with Crippen molar-refractivity contribution in [1.29, 1.82) is 0 Å². The number of carboxylic acid groups (broad SMARTS) is 2. The molecule has 0 aliphatic carbocycles. The van der Waals surface area contributed by atoms with Gasteiger partial charge in [0.2, 0.25) is 0 Å². The van der Waals surface area contributed by atoms with Gasteiger partial charge in [0.25, 0.3) is 0 Å². The number of hydrogen-bond donors (Lipinski definition) is 5. The molecule has 3 rings (SSSR count). The van der Waals surface area contributed by atoms with Gasteiger partial charge in [-0.1, -0.05) is 42.5 Å². The molecular weight excluding hydrogens is 422 g/mol. The lowest BCUT2D eigenvalue weighted by atomic mass is 10.1. The second kappa shape index (κ2) is 12.0. The number of rotatable bonds is 9. The summed E-state index contributed by atoms with van der Waals surface area (Å²) in [5, 5.41) is 40.2. The molecule has 3 aromatic rings. The normalized spacial score (nSPS) is 13.5. The van der Waals surface area contributed by atoms with E-state index in [4.69, 9.17) is 25.2 Å². The summed E-state index contributed by atoms with van der Waals surface area (Å²) in [6.45, 7) is 0.938. The molecule has 0 saturated heterocycles. The van der Waals surface area contributed by atoms with Gasteiger partial charge < -0.3 is 30.5 Å². The van der Waals surface area contributed by atoms with Crippen LogP contribution in [0.15, 0.2) is 60.0 Å². The lowest BCUT2D eigenvalue weighted by molar-refractivity contribution is -0.165. The van der Waals surface area contributed by atoms with E-state index in [0.717, 1.165) is 18.7 Å². The third-order valence-electron chi connectivity index (χ3n) is 4.34. The van der Waals surface area contributed by atoms with Gasteiger partial charge in [0.1, 0.15) is 11.9 Å². The van der Waals surface area contributed by atoms with E-state index in [-0.39, 0.29) is 6.10 Å². The Hall–Kier alpha value is -2.98. The second-order valence-corrected chi connectivity index (χ2v) is 7.54. The summed E-state index contributed by atoms with van der Waals surface area (Å²) in [6.07, 6.45) is -3.47. The molecule has 2 unspecified atom stereocenters. The molecule has 1 heterocycles. The fourth-order valence-electron chi connectivity index (χ4n) is 2.73. The average molecular weight is 448 g/mol. The Morgan fingerprint density at radius 2 is 1.61 bits per heavy atom. The van der Waals surface area contributed by atoms with Crippen molar-refractivity contribution in [2.24, 2.45) is 0 Å². The topological polar surface area (TPSA) is 136 Å². The summed E-state index contributed by atoms with van der Waals surface area (Å²) in [6, 6.07) is 18.8. The highest BCUT2D eigenvalue weighted by molar-refractivity contribution is 7.10. The van der Waals surface area contributed by atoms with Crippen molar-refractivity contribution >= 4 is 34.0 Å². The molecule has 0 aliphatic rings. The molecule has 0 radical (unpaired) electrons. The molecule has 0 saturated carbocycles. The minimum atomic E-state index is -2.27. The summed E-state index contributed by atoms with van der Waals surface area (Å²) < 4.78 is 6.34. The van der Waals surface area contributed by atoms with Gasteiger partial charge >= 0.3 is 11.9 Å². The molecule has 166 valence electrons. The Bertz CT molecular complexity index is 954. The van der Waals surface area contributed by atoms with Gasteiger partial charge in [-0.25, -0.2) is 9.59 Å². The van der Waals surface area contributed by atoms with Crippen LogP contribution in [0.1, 0.15) is 17.4 Å². The summed E-state index contributed by atoms with van der Waals surface area (Å²) in [7, 11) is 1.98. The van der Waals surface area contributed by atoms with Crippen molar-refractivity contribution in [1.82, 2.24) is 5.32 Å². The number of benzene rings is 2. The monoisotopic (exact) mass is 447 g/mol. The molecular formula is C22H25NO7S. The lowest BCUT2D eigenvalue weighted by Crippen LogP contribution is -2.39. The van der Waals surface area contributed by atoms with E-state index in [1.807, 2.05) is 7.05 Å². The summed E-state index contributed by atoms with van der Waals surface area (Å²) >= 11 is 1.75. The van der Waals surface area contributed by atoms with Crippen LogP contribution >= 0.6 is 11.3 Å². The van der Waals surface area contributed by atoms with Gasteiger partial charge in [-0.3, -0.25) is 0 Å². The van der Waals surface area contributed by atoms with Crippen LogP contribution in [0, 0.1) is 0 Å². The smallest absolute Gasteiger partial charge is 0.335 e. The highest BCUT2D eigenvalue weighted by Crippen LogP contribution is 2.32. The maximum Gasteiger partial charge on any atom is 0.335 e. The first-order valence-corrected chi connectivity index (χ1v) is 10.4. The van der Waals surface area contributed by atoms with Gasteiger partial charge in [0.15, 0.2) is 12.2 Å². The van der Waals surface area contributed by atoms with Crippen LogP contribution in [-0.2, 0) is 9.59 Å². The summed E-state index contributed by atoms with van der Waals surface area (Å²) in [4.78, 5) is 20.8. The summed E-state index contributed by atoms with van der Waals surface area (Å²) in [5.41, 5.74) is 0. The predicted molar refractivity (Wildman–Crippen MR) is 117 cm³/mol. The molecule has 5 N–H and O–H groups in total. The number of hydrogen-bond acceptors (Lipinski definition) is 7. The standard InChI is InChI=1S/C18H19NOS.C4H6O6/c1-19-12-11-17(18-10-5-13-21-18)20-16-9-4-7-14-6-2-3-8-15(14)16;5-1(3(7)8)2(6)4(9)10/h2-10,13,17,19H,11-12H2,1H3;1-2,5-6H,(H,7,8)(H,9,10)/t17-;/m0./s1. The summed E-state index contributed by atoms with van der Waals surface area (Å²) in [5.74, 6) is -2.58. The molecule has 0 fully saturated rings. The third-order valence-corrected chi connectivity index (χ3v) is 5.31. The first-order chi connectivity index (χ1) is 14.8. The van der Waals surface area contributed by atoms with E-state index in [1.165, 1.54) is 15.6 Å². The van der Waals surface area contributed by atoms with Crippen molar-refractivity contribution < 1.29 is 34.8 Å². The number of carbonyl (C=O) groups is 2. The SMILES string of the molecule is CNCC[C@H](Oc1cccc2ccccc12)c1cccs1.O=C(O)C(O)C(O)C(=O)O. The highest BCUT2D eigenvalue weighted by atomic mass is 32.1. The Balaban J connectivity index is 0.000000291. The van der Waals surface area contributed by atoms with E-state index in [9.17, 15) is 9.59 Å². The number of aliphatic carboxylic acids is 2. The van der Waals surface area contributed by atoms with Crippen LogP contribution < -0.4 is 10.1 Å². The van der Waals surface area contributed by atoms with Crippen LogP contribution in [0.25, 0.3) is 10.8 Å². The van der Waals surface area contributed by atoms with E-state index in [2.05, 4.69) is 65.3 Å². The van der Waals surface area contributed by atoms with Gasteiger partial charge in [0, 0.05) is 16.7 Å². The number of ether oxygens (including phenoxy) is 1. The molecule has 9 heteroatoms. The lowest BCUT2D eigenvalue weighted by Gasteiger charge is -2.19. The Morgan fingerprint density at radius 3 is 2.19 bits per heavy atom. The van der Waals surface area contributed by atoms with Crippen LogP contribution in [-0.4, -0.2) is 58.2 Å². The number of aliphatic hydroxyl groups excluding tert-OH is 2. The van der Waals surface area contributed by atoms with Crippen molar-refractivity contribution in [2.75, 3.05) is 13.6 Å². The number of nitrogens with one attached hydrogen (secondary N) is 1. The maximum absolute atomic E-state index is 9.77. The molecule has 0 bridgehead atoms. The van der Waals surface area contributed by atoms with Crippen molar-refractivity contribution in [2.45, 2.75) is 24.7 Å². The van der Waals surface area contributed by atoms with Crippen molar-refractivity contribution in [3.05, 3.63) is 64.9 Å². The zero-order valence-corrected chi connectivity index (χ0v) is 17.7. The fourth-order valence-corrected chi connectivity index (χ4v) is 3.52. The molecule has 0 spiro atoms. The van der Waals surface area contributed by atoms with Gasteiger partial charge in [0.05, 0.1) is 0 Å². The molecule has 3 atom stereocenters. The van der Waals surface area contributed by atoms with Gasteiger partial charge in [-0.2, -0.15) is 0 Å². The zero-order chi connectivity index (χ0) is 22.8. The highest BCUT2D eigenvalue weighted by Gasteiger charge is 2.29. The molecule has 2 aromatic carbocycles. The maximum atomic E-state index is 9.77. The molecule has 0 amide bonds. The number of carboxylic acids is 2. The third kappa shape index (κ3) is 7.04. The largest absolute Gasteiger partial charge is 0.484 e. The van der Waals surface area contributed by atoms with Crippen LogP contribution in [0.5, 0.6) is 5.75 Å². The predicted octanol–water partition coefficient (Wildman–Crippen LogP) is 2.51. The van der Waals surface area contributed by atoms with Crippen LogP contribution in [0.4, 0.5) is 0 Å². The van der Waals surface area contributed by atoms with Crippen molar-refractivity contribution in [3.63, 3.8) is 0 Å². The average Bonchev–Trinajstić information content (AvgIpc) is 3.30. The van der Waals surface area contributed by atoms with Gasteiger partial charge in [-0.05, 0) is 36.5 Å².